The van der Waals surface area contributed by atoms with Crippen molar-refractivity contribution in [2.24, 2.45) is 0 Å². The molecule has 0 amide bonds. The summed E-state index contributed by atoms with van der Waals surface area (Å²) >= 11 is 7.12. The van der Waals surface area contributed by atoms with Crippen LogP contribution in [0.1, 0.15) is 10.5 Å². The molecule has 0 spiro atoms. The standard InChI is InChI=1S/C8H5ClN2O2S/c9-7-1-4(3-14-7)5-2-6(8(12)13)11-10-5/h1-3H,(H,10,11)(H,12,13). The van der Waals surface area contributed by atoms with Gasteiger partial charge in [0, 0.05) is 10.9 Å². The summed E-state index contributed by atoms with van der Waals surface area (Å²) in [4.78, 5) is 10.6. The van der Waals surface area contributed by atoms with Gasteiger partial charge in [0.05, 0.1) is 10.0 Å². The van der Waals surface area contributed by atoms with Crippen molar-refractivity contribution in [2.45, 2.75) is 0 Å². The highest BCUT2D eigenvalue weighted by Gasteiger charge is 2.09. The van der Waals surface area contributed by atoms with Crippen LogP contribution >= 0.6 is 22.9 Å². The van der Waals surface area contributed by atoms with Crippen molar-refractivity contribution in [3.63, 3.8) is 0 Å². The van der Waals surface area contributed by atoms with E-state index in [1.165, 1.54) is 17.4 Å². The number of hydrogen-bond acceptors (Lipinski definition) is 3. The second kappa shape index (κ2) is 3.43. The summed E-state index contributed by atoms with van der Waals surface area (Å²) in [7, 11) is 0. The maximum atomic E-state index is 10.6. The molecule has 0 aliphatic carbocycles. The van der Waals surface area contributed by atoms with Gasteiger partial charge in [-0.1, -0.05) is 11.6 Å². The summed E-state index contributed by atoms with van der Waals surface area (Å²) in [6, 6.07) is 3.22. The topological polar surface area (TPSA) is 66.0 Å². The highest BCUT2D eigenvalue weighted by atomic mass is 35.5. The van der Waals surface area contributed by atoms with E-state index < -0.39 is 5.97 Å². The maximum Gasteiger partial charge on any atom is 0.353 e. The summed E-state index contributed by atoms with van der Waals surface area (Å²) in [5.41, 5.74) is 1.48. The molecule has 2 aromatic heterocycles. The van der Waals surface area contributed by atoms with Crippen LogP contribution < -0.4 is 0 Å². The van der Waals surface area contributed by atoms with Crippen LogP contribution in [0.25, 0.3) is 11.3 Å². The molecule has 72 valence electrons. The van der Waals surface area contributed by atoms with Gasteiger partial charge < -0.3 is 5.11 Å². The Hall–Kier alpha value is -1.33. The van der Waals surface area contributed by atoms with Crippen molar-refractivity contribution in [1.29, 1.82) is 0 Å². The van der Waals surface area contributed by atoms with Gasteiger partial charge in [0.1, 0.15) is 5.69 Å². The van der Waals surface area contributed by atoms with Gasteiger partial charge in [0.2, 0.25) is 0 Å². The number of aromatic carboxylic acids is 1. The monoisotopic (exact) mass is 228 g/mol. The van der Waals surface area contributed by atoms with Gasteiger partial charge in [-0.25, -0.2) is 4.79 Å². The molecule has 0 aromatic carbocycles. The Balaban J connectivity index is 2.38. The molecule has 4 nitrogen and oxygen atoms in total. The summed E-state index contributed by atoms with van der Waals surface area (Å²) < 4.78 is 0.653. The fourth-order valence-electron chi connectivity index (χ4n) is 1.02. The number of aromatic amines is 1. The SMILES string of the molecule is O=C(O)c1cc(-c2csc(Cl)c2)n[nH]1. The summed E-state index contributed by atoms with van der Waals surface area (Å²) in [5.74, 6) is -1.02. The average molecular weight is 229 g/mol. The fraction of sp³-hybridized carbons (Fsp3) is 0. The smallest absolute Gasteiger partial charge is 0.353 e. The highest BCUT2D eigenvalue weighted by molar-refractivity contribution is 7.14. The maximum absolute atomic E-state index is 10.6. The third-order valence-corrected chi connectivity index (χ3v) is 2.76. The lowest BCUT2D eigenvalue weighted by Gasteiger charge is -1.84. The van der Waals surface area contributed by atoms with Crippen molar-refractivity contribution in [2.75, 3.05) is 0 Å². The molecule has 0 aliphatic heterocycles. The molecule has 0 radical (unpaired) electrons. The number of aromatic nitrogens is 2. The highest BCUT2D eigenvalue weighted by Crippen LogP contribution is 2.27. The van der Waals surface area contributed by atoms with E-state index in [2.05, 4.69) is 10.2 Å². The minimum Gasteiger partial charge on any atom is -0.477 e. The first kappa shape index (κ1) is 9.23. The molecule has 0 saturated heterocycles. The van der Waals surface area contributed by atoms with E-state index in [1.54, 1.807) is 6.07 Å². The molecule has 0 fully saturated rings. The van der Waals surface area contributed by atoms with Crippen LogP contribution in [0.2, 0.25) is 4.34 Å². The summed E-state index contributed by atoms with van der Waals surface area (Å²) in [5, 5.41) is 16.8. The molecule has 2 N–H and O–H groups in total. The molecular formula is C8H5ClN2O2S. The number of thiophene rings is 1. The lowest BCUT2D eigenvalue weighted by Crippen LogP contribution is -1.95. The van der Waals surface area contributed by atoms with Crippen LogP contribution in [-0.2, 0) is 0 Å². The van der Waals surface area contributed by atoms with E-state index in [9.17, 15) is 4.79 Å². The van der Waals surface area contributed by atoms with Crippen molar-refractivity contribution in [3.05, 3.63) is 27.5 Å². The molecule has 0 aliphatic rings. The molecule has 2 rings (SSSR count). The van der Waals surface area contributed by atoms with Gasteiger partial charge in [-0.3, -0.25) is 5.10 Å². The molecule has 6 heteroatoms. The number of nitrogens with one attached hydrogen (secondary N) is 1. The van der Waals surface area contributed by atoms with E-state index in [0.29, 0.717) is 10.0 Å². The predicted molar refractivity (Wildman–Crippen MR) is 53.9 cm³/mol. The Labute approximate surface area is 88.2 Å². The minimum atomic E-state index is -1.02. The average Bonchev–Trinajstić information content (AvgIpc) is 2.70. The quantitative estimate of drug-likeness (QED) is 0.830. The van der Waals surface area contributed by atoms with E-state index in [4.69, 9.17) is 16.7 Å². The number of hydrogen-bond donors (Lipinski definition) is 2. The van der Waals surface area contributed by atoms with Crippen LogP contribution in [0.5, 0.6) is 0 Å². The second-order valence-corrected chi connectivity index (χ2v) is 4.15. The third kappa shape index (κ3) is 1.64. The van der Waals surface area contributed by atoms with Gasteiger partial charge in [0.15, 0.2) is 0 Å². The first-order chi connectivity index (χ1) is 6.66. The van der Waals surface area contributed by atoms with E-state index in [0.717, 1.165) is 5.56 Å². The Bertz CT molecular complexity index is 477. The van der Waals surface area contributed by atoms with Crippen LogP contribution in [0.15, 0.2) is 17.5 Å². The van der Waals surface area contributed by atoms with Gasteiger partial charge in [-0.05, 0) is 12.1 Å². The first-order valence-corrected chi connectivity index (χ1v) is 4.95. The van der Waals surface area contributed by atoms with Crippen LogP contribution in [0.4, 0.5) is 0 Å². The zero-order chi connectivity index (χ0) is 10.1. The third-order valence-electron chi connectivity index (χ3n) is 1.67. The number of rotatable bonds is 2. The van der Waals surface area contributed by atoms with Crippen LogP contribution in [0, 0.1) is 0 Å². The molecule has 2 aromatic rings. The van der Waals surface area contributed by atoms with Crippen LogP contribution in [0.3, 0.4) is 0 Å². The van der Waals surface area contributed by atoms with Crippen LogP contribution in [-0.4, -0.2) is 21.3 Å². The molecule has 2 heterocycles. The number of H-pyrrole nitrogens is 1. The van der Waals surface area contributed by atoms with Crippen molar-refractivity contribution < 1.29 is 9.90 Å². The summed E-state index contributed by atoms with van der Waals surface area (Å²) in [6.45, 7) is 0. The molecule has 0 atom stereocenters. The predicted octanol–water partition coefficient (Wildman–Crippen LogP) is 2.49. The van der Waals surface area contributed by atoms with Gasteiger partial charge in [-0.15, -0.1) is 11.3 Å². The fourth-order valence-corrected chi connectivity index (χ4v) is 1.90. The molecule has 0 bridgehead atoms. The van der Waals surface area contributed by atoms with Gasteiger partial charge >= 0.3 is 5.97 Å². The first-order valence-electron chi connectivity index (χ1n) is 3.70. The Morgan fingerprint density at radius 2 is 2.36 bits per heavy atom. The van der Waals surface area contributed by atoms with Crippen molar-refractivity contribution in [3.8, 4) is 11.3 Å². The van der Waals surface area contributed by atoms with E-state index >= 15 is 0 Å². The molecule has 0 unspecified atom stereocenters. The zero-order valence-corrected chi connectivity index (χ0v) is 8.39. The van der Waals surface area contributed by atoms with E-state index in [1.807, 2.05) is 5.38 Å². The molecule has 14 heavy (non-hydrogen) atoms. The Morgan fingerprint density at radius 1 is 1.57 bits per heavy atom. The normalized spacial score (nSPS) is 10.4. The minimum absolute atomic E-state index is 0.0716. The number of halogens is 1. The Kier molecular flexibility index (Phi) is 2.26. The van der Waals surface area contributed by atoms with Crippen molar-refractivity contribution in [1.82, 2.24) is 10.2 Å². The zero-order valence-electron chi connectivity index (χ0n) is 6.82. The molecular weight excluding hydrogens is 224 g/mol. The largest absolute Gasteiger partial charge is 0.477 e. The number of carbonyl (C=O) groups is 1. The summed E-state index contributed by atoms with van der Waals surface area (Å²) in [6.07, 6.45) is 0. The lowest BCUT2D eigenvalue weighted by molar-refractivity contribution is 0.0690. The van der Waals surface area contributed by atoms with Gasteiger partial charge in [0.25, 0.3) is 0 Å². The number of nitrogens with zero attached hydrogens (tertiary/aromatic N) is 1. The van der Waals surface area contributed by atoms with E-state index in [-0.39, 0.29) is 5.69 Å². The number of carboxylic acids is 1. The second-order valence-electron chi connectivity index (χ2n) is 2.61. The van der Waals surface area contributed by atoms with Gasteiger partial charge in [-0.2, -0.15) is 5.10 Å². The molecule has 0 saturated carbocycles. The van der Waals surface area contributed by atoms with Crippen molar-refractivity contribution >= 4 is 28.9 Å². The number of carboxylic acid groups (broad SMARTS) is 1. The Morgan fingerprint density at radius 3 is 2.86 bits per heavy atom. The lowest BCUT2D eigenvalue weighted by atomic mass is 10.2.